The average Bonchev–Trinajstić information content (AvgIpc) is 2.83. The molecule has 1 aliphatic heterocycles. The van der Waals surface area contributed by atoms with Crippen molar-refractivity contribution in [1.29, 1.82) is 0 Å². The Balaban J connectivity index is 1.90. The van der Waals surface area contributed by atoms with Crippen LogP contribution in [0.25, 0.3) is 55.0 Å². The van der Waals surface area contributed by atoms with Gasteiger partial charge in [0.2, 0.25) is 0 Å². The van der Waals surface area contributed by atoms with Gasteiger partial charge >= 0.3 is 5.97 Å². The van der Waals surface area contributed by atoms with Gasteiger partial charge in [-0.1, -0.05) is 60.7 Å². The van der Waals surface area contributed by atoms with Crippen LogP contribution in [0.2, 0.25) is 0 Å². The fraction of sp³-hybridized carbons (Fsp3) is 0. The lowest BCUT2D eigenvalue weighted by molar-refractivity contribution is 0.0697. The van der Waals surface area contributed by atoms with E-state index in [1.807, 2.05) is 42.5 Å². The number of rotatable bonds is 2. The van der Waals surface area contributed by atoms with Crippen LogP contribution in [-0.4, -0.2) is 16.2 Å². The second kappa shape index (κ2) is 6.93. The van der Waals surface area contributed by atoms with Crippen molar-refractivity contribution in [2.24, 2.45) is 0 Å². The normalized spacial score (nSPS) is 11.5. The van der Waals surface area contributed by atoms with Gasteiger partial charge in [-0.25, -0.2) is 4.79 Å². The molecule has 4 aromatic carbocycles. The molecule has 2 aliphatic rings. The van der Waals surface area contributed by atoms with Crippen LogP contribution >= 0.6 is 0 Å². The van der Waals surface area contributed by atoms with Crippen LogP contribution in [0.3, 0.4) is 0 Å². The summed E-state index contributed by atoms with van der Waals surface area (Å²) in [5.41, 5.74) is 2.82. The van der Waals surface area contributed by atoms with E-state index in [2.05, 4.69) is 0 Å². The van der Waals surface area contributed by atoms with Crippen molar-refractivity contribution in [3.8, 4) is 28.2 Å². The molecule has 5 heteroatoms. The second-order valence-electron chi connectivity index (χ2n) is 7.97. The molecule has 0 radical (unpaired) electrons. The van der Waals surface area contributed by atoms with Crippen molar-refractivity contribution in [3.05, 3.63) is 101 Å². The zero-order valence-corrected chi connectivity index (χ0v) is 17.2. The quantitative estimate of drug-likeness (QED) is 0.249. The summed E-state index contributed by atoms with van der Waals surface area (Å²) in [6, 6.07) is 24.5. The van der Waals surface area contributed by atoms with Gasteiger partial charge in [0.1, 0.15) is 17.1 Å². The van der Waals surface area contributed by atoms with Crippen LogP contribution in [0.1, 0.15) is 10.4 Å². The van der Waals surface area contributed by atoms with Gasteiger partial charge in [0, 0.05) is 39.4 Å². The molecule has 6 rings (SSSR count). The average molecular weight is 432 g/mol. The van der Waals surface area contributed by atoms with E-state index in [4.69, 9.17) is 4.42 Å². The summed E-state index contributed by atoms with van der Waals surface area (Å²) >= 11 is 0. The Morgan fingerprint density at radius 1 is 0.727 bits per heavy atom. The van der Waals surface area contributed by atoms with Crippen LogP contribution in [0.15, 0.2) is 94.1 Å². The lowest BCUT2D eigenvalue weighted by atomic mass is 9.88. The summed E-state index contributed by atoms with van der Waals surface area (Å²) in [4.78, 5) is 24.2. The van der Waals surface area contributed by atoms with Crippen LogP contribution in [-0.2, 0) is 0 Å². The number of carboxylic acids is 1. The Bertz CT molecular complexity index is 1760. The van der Waals surface area contributed by atoms with E-state index in [0.717, 1.165) is 32.8 Å². The van der Waals surface area contributed by atoms with E-state index in [1.165, 1.54) is 6.07 Å². The second-order valence-corrected chi connectivity index (χ2v) is 7.97. The summed E-state index contributed by atoms with van der Waals surface area (Å²) in [5.74, 6) is -0.522. The van der Waals surface area contributed by atoms with E-state index in [0.29, 0.717) is 22.1 Å². The number of hydrogen-bond acceptors (Lipinski definition) is 4. The van der Waals surface area contributed by atoms with Gasteiger partial charge in [-0.15, -0.1) is 0 Å². The largest absolute Gasteiger partial charge is 0.507 e. The molecule has 5 nitrogen and oxygen atoms in total. The minimum atomic E-state index is -1.00. The number of aromatic carboxylic acids is 1. The molecule has 0 saturated carbocycles. The highest BCUT2D eigenvalue weighted by Gasteiger charge is 2.23. The Morgan fingerprint density at radius 3 is 2.06 bits per heavy atom. The summed E-state index contributed by atoms with van der Waals surface area (Å²) in [6.07, 6.45) is 0. The Labute approximate surface area is 187 Å². The van der Waals surface area contributed by atoms with Crippen LogP contribution in [0.4, 0.5) is 0 Å². The fourth-order valence-corrected chi connectivity index (χ4v) is 4.64. The maximum absolute atomic E-state index is 12.8. The number of hydrogen-bond donors (Lipinski definition) is 2. The van der Waals surface area contributed by atoms with Gasteiger partial charge in [-0.05, 0) is 28.5 Å². The van der Waals surface area contributed by atoms with E-state index < -0.39 is 5.97 Å². The van der Waals surface area contributed by atoms with E-state index >= 15 is 0 Å². The predicted molar refractivity (Wildman–Crippen MR) is 128 cm³/mol. The SMILES string of the molecule is O=C(O)c1ccc(-c2c3c4ccccc4c(=O)cc-3oc3cc(O)c4ccccc4c23)cc1. The van der Waals surface area contributed by atoms with Crippen LogP contribution < -0.4 is 5.43 Å². The van der Waals surface area contributed by atoms with Crippen molar-refractivity contribution >= 4 is 38.5 Å². The minimum Gasteiger partial charge on any atom is -0.507 e. The van der Waals surface area contributed by atoms with Crippen LogP contribution in [0, 0.1) is 0 Å². The highest BCUT2D eigenvalue weighted by molar-refractivity contribution is 6.20. The highest BCUT2D eigenvalue weighted by atomic mass is 16.4. The molecular formula is C28H16O5. The number of aromatic hydroxyl groups is 1. The lowest BCUT2D eigenvalue weighted by Crippen LogP contribution is -2.04. The lowest BCUT2D eigenvalue weighted by Gasteiger charge is -2.19. The zero-order valence-electron chi connectivity index (χ0n) is 17.2. The number of carbonyl (C=O) groups is 1. The first-order valence-corrected chi connectivity index (χ1v) is 10.4. The van der Waals surface area contributed by atoms with Crippen molar-refractivity contribution < 1.29 is 19.4 Å². The fourth-order valence-electron chi connectivity index (χ4n) is 4.64. The first-order valence-electron chi connectivity index (χ1n) is 10.4. The number of carboxylic acid groups (broad SMARTS) is 1. The number of phenols is 1. The topological polar surface area (TPSA) is 87.7 Å². The molecule has 1 aliphatic carbocycles. The van der Waals surface area contributed by atoms with E-state index in [-0.39, 0.29) is 16.7 Å². The molecule has 0 atom stereocenters. The molecule has 4 aromatic rings. The maximum atomic E-state index is 12.8. The predicted octanol–water partition coefficient (Wildman–Crippen LogP) is 6.28. The molecule has 2 N–H and O–H groups in total. The highest BCUT2D eigenvalue weighted by Crippen LogP contribution is 2.47. The van der Waals surface area contributed by atoms with Gasteiger partial charge < -0.3 is 14.6 Å². The third-order valence-corrected chi connectivity index (χ3v) is 6.10. The zero-order chi connectivity index (χ0) is 22.7. The van der Waals surface area contributed by atoms with Crippen LogP contribution in [0.5, 0.6) is 5.75 Å². The first kappa shape index (κ1) is 19.1. The van der Waals surface area contributed by atoms with Gasteiger partial charge in [0.25, 0.3) is 0 Å². The monoisotopic (exact) mass is 432 g/mol. The third-order valence-electron chi connectivity index (χ3n) is 6.10. The maximum Gasteiger partial charge on any atom is 0.335 e. The smallest absolute Gasteiger partial charge is 0.335 e. The van der Waals surface area contributed by atoms with Gasteiger partial charge in [0.05, 0.1) is 5.56 Å². The molecule has 0 fully saturated rings. The summed E-state index contributed by atoms with van der Waals surface area (Å²) < 4.78 is 6.19. The molecule has 0 spiro atoms. The molecular weight excluding hydrogens is 416 g/mol. The van der Waals surface area contributed by atoms with Crippen molar-refractivity contribution in [3.63, 3.8) is 0 Å². The minimum absolute atomic E-state index is 0.0801. The number of phenolic OH excluding ortho intramolecular Hbond substituents is 1. The van der Waals surface area contributed by atoms with E-state index in [1.54, 1.807) is 36.4 Å². The third kappa shape index (κ3) is 2.79. The Morgan fingerprint density at radius 2 is 1.36 bits per heavy atom. The summed E-state index contributed by atoms with van der Waals surface area (Å²) in [7, 11) is 0. The molecule has 0 unspecified atom stereocenters. The number of fused-ring (bicyclic) bond motifs is 6. The van der Waals surface area contributed by atoms with Gasteiger partial charge in [-0.2, -0.15) is 0 Å². The van der Waals surface area contributed by atoms with Crippen molar-refractivity contribution in [2.45, 2.75) is 0 Å². The molecule has 0 amide bonds. The summed E-state index contributed by atoms with van der Waals surface area (Å²) in [5, 5.41) is 23.6. The van der Waals surface area contributed by atoms with Crippen molar-refractivity contribution in [2.75, 3.05) is 0 Å². The van der Waals surface area contributed by atoms with Gasteiger partial charge in [0.15, 0.2) is 5.43 Å². The molecule has 0 saturated heterocycles. The molecule has 1 heterocycles. The Kier molecular flexibility index (Phi) is 4.01. The molecule has 0 bridgehead atoms. The van der Waals surface area contributed by atoms with E-state index in [9.17, 15) is 19.8 Å². The van der Waals surface area contributed by atoms with Gasteiger partial charge in [-0.3, -0.25) is 4.79 Å². The summed E-state index contributed by atoms with van der Waals surface area (Å²) in [6.45, 7) is 0. The first-order chi connectivity index (χ1) is 16.0. The standard InChI is InChI=1S/C28H16O5/c29-21-13-23-26(19-7-3-1-5-17(19)21)25(15-9-11-16(12-10-15)28(31)32)27-20-8-4-2-6-18(20)22(30)14-24(27)33-23/h1-14,29H,(H,31,32). The molecule has 158 valence electrons. The molecule has 0 aromatic heterocycles. The molecule has 33 heavy (non-hydrogen) atoms. The van der Waals surface area contributed by atoms with Crippen molar-refractivity contribution in [1.82, 2.24) is 0 Å². The number of benzene rings is 5. The Hall–Kier alpha value is -4.64.